The molecule has 8 nitrogen and oxygen atoms in total. The zero-order valence-electron chi connectivity index (χ0n) is 20.3. The maximum Gasteiger partial charge on any atom is 0.350 e. The van der Waals surface area contributed by atoms with Crippen molar-refractivity contribution in [3.05, 3.63) is 94.6 Å². The van der Waals surface area contributed by atoms with Crippen LogP contribution in [0.15, 0.2) is 65.8 Å². The van der Waals surface area contributed by atoms with Crippen molar-refractivity contribution in [1.82, 2.24) is 19.3 Å². The number of halogens is 3. The van der Waals surface area contributed by atoms with Gasteiger partial charge in [-0.15, -0.1) is 0 Å². The van der Waals surface area contributed by atoms with Gasteiger partial charge in [0.1, 0.15) is 29.5 Å². The molecule has 0 saturated carbocycles. The van der Waals surface area contributed by atoms with Gasteiger partial charge in [0.05, 0.1) is 12.2 Å². The third-order valence-electron chi connectivity index (χ3n) is 7.16. The van der Waals surface area contributed by atoms with Crippen LogP contribution in [0.5, 0.6) is 11.5 Å². The third kappa shape index (κ3) is 4.53. The molecule has 1 spiro atoms. The second-order valence-corrected chi connectivity index (χ2v) is 9.69. The van der Waals surface area contributed by atoms with E-state index in [4.69, 9.17) is 9.47 Å². The van der Waals surface area contributed by atoms with Gasteiger partial charge in [-0.1, -0.05) is 0 Å². The Morgan fingerprint density at radius 2 is 1.68 bits per heavy atom. The molecule has 2 aromatic heterocycles. The molecule has 0 unspecified atom stereocenters. The van der Waals surface area contributed by atoms with E-state index in [-0.39, 0.29) is 0 Å². The van der Waals surface area contributed by atoms with E-state index in [1.807, 2.05) is 6.07 Å². The van der Waals surface area contributed by atoms with E-state index in [0.717, 1.165) is 66.6 Å². The van der Waals surface area contributed by atoms with Crippen LogP contribution in [0.2, 0.25) is 0 Å². The molecular weight excluding hydrogens is 499 g/mol. The molecule has 2 aromatic carbocycles. The van der Waals surface area contributed by atoms with Crippen LogP contribution in [0, 0.1) is 22.9 Å². The number of nitrogens with zero attached hydrogens (tertiary/aromatic N) is 5. The minimum absolute atomic E-state index is 0.331. The van der Waals surface area contributed by atoms with Crippen LogP contribution in [0.25, 0.3) is 5.69 Å². The molecule has 0 atom stereocenters. The molecule has 11 heteroatoms. The topological polar surface area (TPSA) is 74.4 Å². The van der Waals surface area contributed by atoms with Gasteiger partial charge in [0.15, 0.2) is 11.6 Å². The molecule has 0 bridgehead atoms. The second-order valence-electron chi connectivity index (χ2n) is 9.69. The molecule has 2 aliphatic rings. The van der Waals surface area contributed by atoms with Crippen LogP contribution in [-0.4, -0.2) is 45.6 Å². The largest absolute Gasteiger partial charge is 0.457 e. The van der Waals surface area contributed by atoms with Crippen LogP contribution in [0.1, 0.15) is 18.4 Å². The molecule has 6 rings (SSSR count). The van der Waals surface area contributed by atoms with Gasteiger partial charge in [-0.05, 0) is 55.3 Å². The number of hydrogen-bond donors (Lipinski definition) is 0. The summed E-state index contributed by atoms with van der Waals surface area (Å²) in [4.78, 5) is 19.5. The minimum Gasteiger partial charge on any atom is -0.457 e. The molecule has 0 N–H and O–H groups in total. The van der Waals surface area contributed by atoms with Crippen molar-refractivity contribution in [1.29, 1.82) is 0 Å². The molecule has 2 saturated heterocycles. The van der Waals surface area contributed by atoms with Gasteiger partial charge in [0.2, 0.25) is 0 Å². The SMILES string of the molecule is O=c1n(Cc2c(F)ccc(F)c2F)cnn1-c1ccc(Oc2ccnc(N3CC4(CCOCC4)C3)c2)cc1. The summed E-state index contributed by atoms with van der Waals surface area (Å²) < 4.78 is 55.1. The smallest absolute Gasteiger partial charge is 0.350 e. The Labute approximate surface area is 215 Å². The number of pyridine rings is 1. The van der Waals surface area contributed by atoms with Crippen LogP contribution in [0.4, 0.5) is 19.0 Å². The lowest BCUT2D eigenvalue weighted by Gasteiger charge is -2.52. The van der Waals surface area contributed by atoms with Gasteiger partial charge in [-0.2, -0.15) is 9.78 Å². The van der Waals surface area contributed by atoms with Crippen LogP contribution < -0.4 is 15.3 Å². The van der Waals surface area contributed by atoms with Gasteiger partial charge in [-0.3, -0.25) is 4.57 Å². The highest BCUT2D eigenvalue weighted by atomic mass is 19.2. The maximum atomic E-state index is 14.0. The fourth-order valence-electron chi connectivity index (χ4n) is 4.98. The monoisotopic (exact) mass is 523 g/mol. The quantitative estimate of drug-likeness (QED) is 0.351. The average Bonchev–Trinajstić information content (AvgIpc) is 3.28. The van der Waals surface area contributed by atoms with E-state index in [1.165, 1.54) is 0 Å². The van der Waals surface area contributed by atoms with Crippen LogP contribution in [-0.2, 0) is 11.3 Å². The highest BCUT2D eigenvalue weighted by Crippen LogP contribution is 2.42. The van der Waals surface area contributed by atoms with Crippen molar-refractivity contribution in [3.63, 3.8) is 0 Å². The molecule has 4 heterocycles. The zero-order chi connectivity index (χ0) is 26.3. The number of rotatable bonds is 6. The molecular formula is C27H24F3N5O3. The summed E-state index contributed by atoms with van der Waals surface area (Å²) in [6.07, 6.45) is 5.01. The van der Waals surface area contributed by atoms with Crippen molar-refractivity contribution >= 4 is 5.82 Å². The van der Waals surface area contributed by atoms with Crippen molar-refractivity contribution < 1.29 is 22.6 Å². The van der Waals surface area contributed by atoms with Crippen molar-refractivity contribution in [2.45, 2.75) is 19.4 Å². The van der Waals surface area contributed by atoms with Gasteiger partial charge in [-0.25, -0.2) is 22.9 Å². The Morgan fingerprint density at radius 1 is 0.947 bits per heavy atom. The third-order valence-corrected chi connectivity index (χ3v) is 7.16. The van der Waals surface area contributed by atoms with E-state index in [9.17, 15) is 18.0 Å². The fourth-order valence-corrected chi connectivity index (χ4v) is 4.98. The Bertz CT molecular complexity index is 1520. The number of anilines is 1. The summed E-state index contributed by atoms with van der Waals surface area (Å²) >= 11 is 0. The normalized spacial score (nSPS) is 16.4. The molecule has 2 aliphatic heterocycles. The van der Waals surface area contributed by atoms with E-state index in [0.29, 0.717) is 28.7 Å². The number of ether oxygens (including phenoxy) is 2. The van der Waals surface area contributed by atoms with Crippen LogP contribution >= 0.6 is 0 Å². The summed E-state index contributed by atoms with van der Waals surface area (Å²) in [6, 6.07) is 11.9. The maximum absolute atomic E-state index is 14.0. The Morgan fingerprint density at radius 3 is 2.45 bits per heavy atom. The van der Waals surface area contributed by atoms with E-state index >= 15 is 0 Å². The summed E-state index contributed by atoms with van der Waals surface area (Å²) in [6.45, 7) is 3.06. The Balaban J connectivity index is 1.14. The second kappa shape index (κ2) is 9.64. The van der Waals surface area contributed by atoms with Gasteiger partial charge in [0, 0.05) is 49.5 Å². The Kier molecular flexibility index (Phi) is 6.15. The predicted octanol–water partition coefficient (Wildman–Crippen LogP) is 4.30. The lowest BCUT2D eigenvalue weighted by Crippen LogP contribution is -2.58. The molecule has 0 radical (unpaired) electrons. The van der Waals surface area contributed by atoms with Gasteiger partial charge in [0.25, 0.3) is 0 Å². The molecule has 0 amide bonds. The average molecular weight is 524 g/mol. The van der Waals surface area contributed by atoms with Gasteiger partial charge >= 0.3 is 5.69 Å². The molecule has 38 heavy (non-hydrogen) atoms. The standard InChI is InChI=1S/C27H24F3N5O3/c28-22-5-6-23(29)25(30)21(22)14-33-17-32-35(26(33)36)18-1-3-19(4-2-18)38-20-7-10-31-24(13-20)34-15-27(16-34)8-11-37-12-9-27/h1-7,10,13,17H,8-9,11-12,14-16H2. The van der Waals surface area contributed by atoms with E-state index in [1.54, 1.807) is 36.5 Å². The molecule has 4 aromatic rings. The number of benzene rings is 2. The summed E-state index contributed by atoms with van der Waals surface area (Å²) in [5.74, 6) is -1.42. The van der Waals surface area contributed by atoms with Crippen molar-refractivity contribution in [3.8, 4) is 17.2 Å². The first-order valence-corrected chi connectivity index (χ1v) is 12.2. The first-order chi connectivity index (χ1) is 18.4. The molecule has 196 valence electrons. The zero-order valence-corrected chi connectivity index (χ0v) is 20.3. The minimum atomic E-state index is -1.33. The fraction of sp³-hybridized carbons (Fsp3) is 0.296. The Hall–Kier alpha value is -4.12. The lowest BCUT2D eigenvalue weighted by atomic mass is 9.73. The number of aromatic nitrogens is 4. The van der Waals surface area contributed by atoms with Crippen LogP contribution in [0.3, 0.4) is 0 Å². The summed E-state index contributed by atoms with van der Waals surface area (Å²) in [7, 11) is 0. The molecule has 2 fully saturated rings. The summed E-state index contributed by atoms with van der Waals surface area (Å²) in [5, 5.41) is 4.03. The molecule has 0 aliphatic carbocycles. The highest BCUT2D eigenvalue weighted by molar-refractivity contribution is 5.48. The number of hydrogen-bond acceptors (Lipinski definition) is 6. The van der Waals surface area contributed by atoms with E-state index < -0.39 is 35.2 Å². The van der Waals surface area contributed by atoms with E-state index in [2.05, 4.69) is 15.0 Å². The first-order valence-electron chi connectivity index (χ1n) is 12.2. The summed E-state index contributed by atoms with van der Waals surface area (Å²) in [5.41, 5.74) is -0.415. The van der Waals surface area contributed by atoms with Crippen molar-refractivity contribution in [2.24, 2.45) is 5.41 Å². The first kappa shape index (κ1) is 24.2. The predicted molar refractivity (Wildman–Crippen MR) is 132 cm³/mol. The highest BCUT2D eigenvalue weighted by Gasteiger charge is 2.44. The van der Waals surface area contributed by atoms with Gasteiger partial charge < -0.3 is 14.4 Å². The van der Waals surface area contributed by atoms with Crippen molar-refractivity contribution in [2.75, 3.05) is 31.2 Å². The lowest BCUT2D eigenvalue weighted by molar-refractivity contribution is -0.000465.